The van der Waals surface area contributed by atoms with E-state index in [1.807, 2.05) is 48.4 Å². The fourth-order valence-electron chi connectivity index (χ4n) is 5.43. The molecular formula is C28H20FN3O. The van der Waals surface area contributed by atoms with E-state index >= 15 is 0 Å². The standard InChI is InChI=1S/C28H20FN3O/c1-18-15-32-25(26(33)19-8-3-2-4-9-19)24(20-10-7-11-21(29)14-20)28(16-30,17-31)27(32)23-13-6-5-12-22(18)23/h2-15,24-25,27H,1H3/t24-,25+,27-/m1/s1. The molecule has 1 saturated heterocycles. The summed E-state index contributed by atoms with van der Waals surface area (Å²) in [4.78, 5) is 15.8. The normalized spacial score (nSPS) is 22.4. The molecule has 3 aromatic carbocycles. The number of allylic oxidation sites excluding steroid dienone is 1. The lowest BCUT2D eigenvalue weighted by atomic mass is 9.67. The average molecular weight is 433 g/mol. The fourth-order valence-corrected chi connectivity index (χ4v) is 5.43. The first-order valence-electron chi connectivity index (χ1n) is 10.7. The molecule has 3 atom stereocenters. The van der Waals surface area contributed by atoms with Crippen LogP contribution in [0, 0.1) is 33.9 Å². The molecule has 0 radical (unpaired) electrons. The molecule has 0 spiro atoms. The Labute approximate surface area is 191 Å². The summed E-state index contributed by atoms with van der Waals surface area (Å²) in [5.74, 6) is -1.53. The Kier molecular flexibility index (Phi) is 4.84. The van der Waals surface area contributed by atoms with Gasteiger partial charge >= 0.3 is 0 Å². The van der Waals surface area contributed by atoms with E-state index in [0.717, 1.165) is 16.7 Å². The minimum atomic E-state index is -1.60. The lowest BCUT2D eigenvalue weighted by Gasteiger charge is -2.36. The number of benzene rings is 3. The van der Waals surface area contributed by atoms with Crippen LogP contribution < -0.4 is 0 Å². The van der Waals surface area contributed by atoms with Crippen LogP contribution in [0.1, 0.15) is 45.9 Å². The molecule has 5 heteroatoms. The zero-order chi connectivity index (χ0) is 23.2. The predicted octanol–water partition coefficient (Wildman–Crippen LogP) is 5.63. The van der Waals surface area contributed by atoms with Gasteiger partial charge in [0.25, 0.3) is 0 Å². The Morgan fingerprint density at radius 1 is 0.970 bits per heavy atom. The molecule has 5 rings (SSSR count). The van der Waals surface area contributed by atoms with Gasteiger partial charge in [-0.1, -0.05) is 66.7 Å². The molecule has 160 valence electrons. The van der Waals surface area contributed by atoms with E-state index in [9.17, 15) is 19.7 Å². The van der Waals surface area contributed by atoms with Crippen LogP contribution in [0.3, 0.4) is 0 Å². The monoisotopic (exact) mass is 433 g/mol. The quantitative estimate of drug-likeness (QED) is 0.503. The molecule has 3 aromatic rings. The molecule has 4 nitrogen and oxygen atoms in total. The van der Waals surface area contributed by atoms with Crippen molar-refractivity contribution in [2.24, 2.45) is 5.41 Å². The van der Waals surface area contributed by atoms with E-state index in [4.69, 9.17) is 0 Å². The van der Waals surface area contributed by atoms with Crippen LogP contribution in [0.15, 0.2) is 85.1 Å². The first kappa shape index (κ1) is 20.7. The van der Waals surface area contributed by atoms with Crippen LogP contribution in [0.4, 0.5) is 4.39 Å². The highest BCUT2D eigenvalue weighted by Crippen LogP contribution is 2.60. The van der Waals surface area contributed by atoms with Crippen LogP contribution in [-0.2, 0) is 0 Å². The third kappa shape index (κ3) is 2.97. The Hall–Kier alpha value is -4.22. The molecule has 0 amide bonds. The summed E-state index contributed by atoms with van der Waals surface area (Å²) < 4.78 is 14.3. The summed E-state index contributed by atoms with van der Waals surface area (Å²) in [5.41, 5.74) is 2.06. The van der Waals surface area contributed by atoms with Crippen molar-refractivity contribution in [3.8, 4) is 12.1 Å². The second kappa shape index (κ2) is 7.73. The van der Waals surface area contributed by atoms with E-state index < -0.39 is 29.2 Å². The van der Waals surface area contributed by atoms with Gasteiger partial charge < -0.3 is 4.90 Å². The molecule has 0 bridgehead atoms. The average Bonchev–Trinajstić information content (AvgIpc) is 3.15. The summed E-state index contributed by atoms with van der Waals surface area (Å²) in [5, 5.41) is 21.0. The topological polar surface area (TPSA) is 67.9 Å². The highest BCUT2D eigenvalue weighted by atomic mass is 19.1. The SMILES string of the molecule is CC1=CN2[C@H](C(=O)c3ccccc3)[C@@H](c3cccc(F)c3)C(C#N)(C#N)[C@H]2c2ccccc21. The minimum Gasteiger partial charge on any atom is -0.356 e. The van der Waals surface area contributed by atoms with Gasteiger partial charge in [0, 0.05) is 17.7 Å². The van der Waals surface area contributed by atoms with Crippen LogP contribution in [0.25, 0.3) is 5.57 Å². The van der Waals surface area contributed by atoms with Gasteiger partial charge in [0.2, 0.25) is 0 Å². The van der Waals surface area contributed by atoms with Crippen LogP contribution >= 0.6 is 0 Å². The van der Waals surface area contributed by atoms with Crippen LogP contribution in [0.5, 0.6) is 0 Å². The number of ketones is 1. The number of carbonyl (C=O) groups is 1. The van der Waals surface area contributed by atoms with Gasteiger partial charge in [-0.25, -0.2) is 4.39 Å². The zero-order valence-corrected chi connectivity index (χ0v) is 17.9. The van der Waals surface area contributed by atoms with E-state index in [0.29, 0.717) is 11.1 Å². The van der Waals surface area contributed by atoms with E-state index in [-0.39, 0.29) is 5.78 Å². The summed E-state index contributed by atoms with van der Waals surface area (Å²) in [7, 11) is 0. The van der Waals surface area contributed by atoms with Gasteiger partial charge in [-0.2, -0.15) is 10.5 Å². The molecule has 2 aliphatic heterocycles. The fraction of sp³-hybridized carbons (Fsp3) is 0.179. The Balaban J connectivity index is 1.81. The first-order valence-corrected chi connectivity index (χ1v) is 10.7. The molecule has 33 heavy (non-hydrogen) atoms. The molecule has 0 unspecified atom stereocenters. The molecule has 0 saturated carbocycles. The van der Waals surface area contributed by atoms with Gasteiger partial charge in [-0.3, -0.25) is 4.79 Å². The van der Waals surface area contributed by atoms with Crippen molar-refractivity contribution in [2.75, 3.05) is 0 Å². The Bertz CT molecular complexity index is 1350. The van der Waals surface area contributed by atoms with Gasteiger partial charge in [0.05, 0.1) is 18.2 Å². The number of nitriles is 2. The second-order valence-corrected chi connectivity index (χ2v) is 8.55. The van der Waals surface area contributed by atoms with Crippen molar-refractivity contribution in [3.05, 3.63) is 113 Å². The van der Waals surface area contributed by atoms with Crippen molar-refractivity contribution in [1.29, 1.82) is 10.5 Å². The highest BCUT2D eigenvalue weighted by Gasteiger charge is 2.64. The van der Waals surface area contributed by atoms with Crippen LogP contribution in [-0.4, -0.2) is 16.7 Å². The number of halogens is 1. The molecule has 0 N–H and O–H groups in total. The first-order chi connectivity index (χ1) is 16.0. The van der Waals surface area contributed by atoms with E-state index in [1.54, 1.807) is 36.4 Å². The lowest BCUT2D eigenvalue weighted by molar-refractivity contribution is 0.0874. The van der Waals surface area contributed by atoms with Crippen molar-refractivity contribution < 1.29 is 9.18 Å². The Morgan fingerprint density at radius 2 is 1.67 bits per heavy atom. The number of rotatable bonds is 3. The highest BCUT2D eigenvalue weighted by molar-refractivity contribution is 6.01. The van der Waals surface area contributed by atoms with Crippen molar-refractivity contribution in [1.82, 2.24) is 4.90 Å². The molecule has 2 aliphatic rings. The number of hydrogen-bond acceptors (Lipinski definition) is 4. The number of Topliss-reactive ketones (excluding diaryl/α,β-unsaturated/α-hetero) is 1. The largest absolute Gasteiger partial charge is 0.356 e. The minimum absolute atomic E-state index is 0.203. The van der Waals surface area contributed by atoms with E-state index in [2.05, 4.69) is 12.1 Å². The molecule has 2 heterocycles. The maximum absolute atomic E-state index is 14.3. The second-order valence-electron chi connectivity index (χ2n) is 8.55. The van der Waals surface area contributed by atoms with Gasteiger partial charge in [-0.15, -0.1) is 0 Å². The van der Waals surface area contributed by atoms with Gasteiger partial charge in [0.1, 0.15) is 11.9 Å². The molecule has 0 aromatic heterocycles. The summed E-state index contributed by atoms with van der Waals surface area (Å²) >= 11 is 0. The number of carbonyl (C=O) groups excluding carboxylic acids is 1. The smallest absolute Gasteiger partial charge is 0.185 e. The van der Waals surface area contributed by atoms with E-state index in [1.165, 1.54) is 12.1 Å². The number of nitrogens with zero attached hydrogens (tertiary/aromatic N) is 3. The molecule has 1 fully saturated rings. The predicted molar refractivity (Wildman–Crippen MR) is 122 cm³/mol. The summed E-state index contributed by atoms with van der Waals surface area (Å²) in [6.07, 6.45) is 1.88. The third-order valence-corrected chi connectivity index (χ3v) is 6.78. The summed E-state index contributed by atoms with van der Waals surface area (Å²) in [6.45, 7) is 1.95. The van der Waals surface area contributed by atoms with Crippen molar-refractivity contribution in [3.63, 3.8) is 0 Å². The number of fused-ring (bicyclic) bond motifs is 3. The van der Waals surface area contributed by atoms with Gasteiger partial charge in [-0.05, 0) is 41.3 Å². The van der Waals surface area contributed by atoms with Crippen LogP contribution in [0.2, 0.25) is 0 Å². The molecular weight excluding hydrogens is 413 g/mol. The lowest BCUT2D eigenvalue weighted by Crippen LogP contribution is -2.38. The van der Waals surface area contributed by atoms with Gasteiger partial charge in [0.15, 0.2) is 11.2 Å². The Morgan fingerprint density at radius 3 is 2.36 bits per heavy atom. The van der Waals surface area contributed by atoms with Crippen molar-refractivity contribution in [2.45, 2.75) is 24.9 Å². The van der Waals surface area contributed by atoms with Crippen molar-refractivity contribution >= 4 is 11.4 Å². The number of hydrogen-bond donors (Lipinski definition) is 0. The third-order valence-electron chi connectivity index (χ3n) is 6.78. The maximum atomic E-state index is 14.3. The molecule has 0 aliphatic carbocycles. The maximum Gasteiger partial charge on any atom is 0.185 e. The summed E-state index contributed by atoms with van der Waals surface area (Å²) in [6, 6.07) is 25.5. The zero-order valence-electron chi connectivity index (χ0n) is 17.9.